The molecule has 0 aliphatic heterocycles. The first-order valence-corrected chi connectivity index (χ1v) is 9.38. The number of fused-ring (bicyclic) bond motifs is 1. The Labute approximate surface area is 168 Å². The molecule has 28 heavy (non-hydrogen) atoms. The molecule has 0 atom stereocenters. The van der Waals surface area contributed by atoms with Crippen LogP contribution in [0.2, 0.25) is 0 Å². The molecule has 0 saturated heterocycles. The van der Waals surface area contributed by atoms with Gasteiger partial charge in [0.05, 0.1) is 11.0 Å². The van der Waals surface area contributed by atoms with Gasteiger partial charge in [-0.05, 0) is 68.1 Å². The number of carbonyl (C=O) groups is 2. The van der Waals surface area contributed by atoms with Gasteiger partial charge in [-0.25, -0.2) is 4.98 Å². The van der Waals surface area contributed by atoms with Crippen molar-refractivity contribution in [2.24, 2.45) is 11.8 Å². The van der Waals surface area contributed by atoms with Crippen molar-refractivity contribution in [3.63, 3.8) is 0 Å². The van der Waals surface area contributed by atoms with Gasteiger partial charge >= 0.3 is 0 Å². The Bertz CT molecular complexity index is 1040. The molecule has 3 N–H and O–H groups in total. The van der Waals surface area contributed by atoms with Crippen molar-refractivity contribution in [1.29, 1.82) is 0 Å². The van der Waals surface area contributed by atoms with E-state index in [0.717, 1.165) is 59.5 Å². The van der Waals surface area contributed by atoms with Crippen LogP contribution in [-0.4, -0.2) is 21.8 Å². The standard InChI is InChI=1S/C21H20N4O2.ClH/c26-20(13-1-2-13)22-15-7-5-12(6-8-15)19-24-17-10-9-16(11-18(17)25-19)23-21(27)14-3-4-14;/h5-11,13-14H,1-4H2,(H,22,26)(H,23,27)(H,24,25);1H. The van der Waals surface area contributed by atoms with Gasteiger partial charge in [0.25, 0.3) is 0 Å². The number of H-pyrrole nitrogens is 1. The molecule has 2 amide bonds. The van der Waals surface area contributed by atoms with Crippen molar-refractivity contribution in [2.75, 3.05) is 10.6 Å². The average molecular weight is 397 g/mol. The maximum Gasteiger partial charge on any atom is 0.227 e. The summed E-state index contributed by atoms with van der Waals surface area (Å²) >= 11 is 0. The fourth-order valence-corrected chi connectivity index (χ4v) is 3.12. The summed E-state index contributed by atoms with van der Waals surface area (Å²) in [5.74, 6) is 1.33. The first-order valence-electron chi connectivity index (χ1n) is 9.38. The summed E-state index contributed by atoms with van der Waals surface area (Å²) in [7, 11) is 0. The van der Waals surface area contributed by atoms with Crippen LogP contribution in [0.25, 0.3) is 22.4 Å². The number of aromatic nitrogens is 2. The Balaban J connectivity index is 0.00000192. The second kappa shape index (κ2) is 7.28. The fourth-order valence-electron chi connectivity index (χ4n) is 3.12. The minimum Gasteiger partial charge on any atom is -0.338 e. The maximum absolute atomic E-state index is 11.9. The van der Waals surface area contributed by atoms with Crippen molar-refractivity contribution in [3.8, 4) is 11.4 Å². The molecule has 2 fully saturated rings. The number of rotatable bonds is 5. The predicted molar refractivity (Wildman–Crippen MR) is 111 cm³/mol. The lowest BCUT2D eigenvalue weighted by Crippen LogP contribution is -2.13. The zero-order valence-electron chi connectivity index (χ0n) is 15.2. The Morgan fingerprint density at radius 2 is 1.43 bits per heavy atom. The van der Waals surface area contributed by atoms with E-state index >= 15 is 0 Å². The van der Waals surface area contributed by atoms with Gasteiger partial charge in [-0.3, -0.25) is 9.59 Å². The molecule has 1 aromatic heterocycles. The Hall–Kier alpha value is -2.86. The van der Waals surface area contributed by atoms with E-state index in [2.05, 4.69) is 20.6 Å². The van der Waals surface area contributed by atoms with Gasteiger partial charge in [0, 0.05) is 28.8 Å². The summed E-state index contributed by atoms with van der Waals surface area (Å²) in [6.45, 7) is 0. The highest BCUT2D eigenvalue weighted by atomic mass is 35.5. The molecule has 0 unspecified atom stereocenters. The first kappa shape index (κ1) is 18.5. The molecule has 2 saturated carbocycles. The SMILES string of the molecule is Cl.O=C(Nc1ccc(-c2nc3ccc(NC(=O)C4CC4)cc3[nH]2)cc1)C1CC1. The zero-order valence-corrected chi connectivity index (χ0v) is 16.0. The van der Waals surface area contributed by atoms with Crippen LogP contribution in [0.1, 0.15) is 25.7 Å². The number of carbonyl (C=O) groups excluding carboxylic acids is 2. The van der Waals surface area contributed by atoms with Crippen LogP contribution in [-0.2, 0) is 9.59 Å². The quantitative estimate of drug-likeness (QED) is 0.599. The van der Waals surface area contributed by atoms with E-state index in [1.807, 2.05) is 42.5 Å². The molecular weight excluding hydrogens is 376 g/mol. The third-order valence-electron chi connectivity index (χ3n) is 5.07. The number of amides is 2. The lowest BCUT2D eigenvalue weighted by Gasteiger charge is -2.04. The number of nitrogens with one attached hydrogen (secondary N) is 3. The van der Waals surface area contributed by atoms with E-state index in [1.54, 1.807) is 0 Å². The lowest BCUT2D eigenvalue weighted by molar-refractivity contribution is -0.118. The Morgan fingerprint density at radius 1 is 0.857 bits per heavy atom. The number of hydrogen-bond donors (Lipinski definition) is 3. The van der Waals surface area contributed by atoms with E-state index in [-0.39, 0.29) is 36.1 Å². The second-order valence-electron chi connectivity index (χ2n) is 7.42. The molecule has 144 valence electrons. The van der Waals surface area contributed by atoms with E-state index in [0.29, 0.717) is 0 Å². The number of halogens is 1. The van der Waals surface area contributed by atoms with E-state index in [4.69, 9.17) is 0 Å². The number of nitrogens with zero attached hydrogens (tertiary/aromatic N) is 1. The molecule has 6 nitrogen and oxygen atoms in total. The molecular formula is C21H21ClN4O2. The Morgan fingerprint density at radius 3 is 2.04 bits per heavy atom. The van der Waals surface area contributed by atoms with Crippen LogP contribution >= 0.6 is 12.4 Å². The summed E-state index contributed by atoms with van der Waals surface area (Å²) in [5.41, 5.74) is 4.26. The summed E-state index contributed by atoms with van der Waals surface area (Å²) in [4.78, 5) is 31.7. The number of benzene rings is 2. The zero-order chi connectivity index (χ0) is 18.4. The molecule has 2 aromatic carbocycles. The van der Waals surface area contributed by atoms with Gasteiger partial charge in [-0.15, -0.1) is 12.4 Å². The van der Waals surface area contributed by atoms with Gasteiger partial charge in [-0.2, -0.15) is 0 Å². The summed E-state index contributed by atoms with van der Waals surface area (Å²) in [5, 5.41) is 5.90. The fraction of sp³-hybridized carbons (Fsp3) is 0.286. The summed E-state index contributed by atoms with van der Waals surface area (Å²) < 4.78 is 0. The molecule has 0 radical (unpaired) electrons. The molecule has 3 aromatic rings. The number of hydrogen-bond acceptors (Lipinski definition) is 3. The van der Waals surface area contributed by atoms with Crippen LogP contribution in [0.15, 0.2) is 42.5 Å². The van der Waals surface area contributed by atoms with Crippen LogP contribution in [0.5, 0.6) is 0 Å². The van der Waals surface area contributed by atoms with E-state index in [9.17, 15) is 9.59 Å². The number of aromatic amines is 1. The lowest BCUT2D eigenvalue weighted by atomic mass is 10.2. The molecule has 0 bridgehead atoms. The molecule has 0 spiro atoms. The van der Waals surface area contributed by atoms with Crippen LogP contribution < -0.4 is 10.6 Å². The summed E-state index contributed by atoms with van der Waals surface area (Å²) in [6, 6.07) is 13.4. The van der Waals surface area contributed by atoms with Crippen molar-refractivity contribution in [3.05, 3.63) is 42.5 Å². The highest BCUT2D eigenvalue weighted by Crippen LogP contribution is 2.31. The number of anilines is 2. The van der Waals surface area contributed by atoms with Crippen LogP contribution in [0, 0.1) is 11.8 Å². The van der Waals surface area contributed by atoms with Gasteiger partial charge in [-0.1, -0.05) is 0 Å². The van der Waals surface area contributed by atoms with Gasteiger partial charge in [0.2, 0.25) is 11.8 Å². The van der Waals surface area contributed by atoms with E-state index in [1.165, 1.54) is 0 Å². The minimum atomic E-state index is 0. The predicted octanol–water partition coefficient (Wildman–Crippen LogP) is 4.35. The largest absolute Gasteiger partial charge is 0.338 e. The highest BCUT2D eigenvalue weighted by Gasteiger charge is 2.30. The first-order chi connectivity index (χ1) is 13.2. The smallest absolute Gasteiger partial charge is 0.227 e. The minimum absolute atomic E-state index is 0. The van der Waals surface area contributed by atoms with Gasteiger partial charge in [0.15, 0.2) is 0 Å². The van der Waals surface area contributed by atoms with Crippen molar-refractivity contribution in [2.45, 2.75) is 25.7 Å². The topological polar surface area (TPSA) is 86.9 Å². The monoisotopic (exact) mass is 396 g/mol. The molecule has 1 heterocycles. The average Bonchev–Trinajstić information content (AvgIpc) is 3.57. The molecule has 2 aliphatic carbocycles. The molecule has 7 heteroatoms. The Kier molecular flexibility index (Phi) is 4.81. The normalized spacial score (nSPS) is 15.7. The molecule has 2 aliphatic rings. The summed E-state index contributed by atoms with van der Waals surface area (Å²) in [6.07, 6.45) is 3.96. The van der Waals surface area contributed by atoms with Gasteiger partial charge < -0.3 is 15.6 Å². The maximum atomic E-state index is 11.9. The van der Waals surface area contributed by atoms with Gasteiger partial charge in [0.1, 0.15) is 5.82 Å². The van der Waals surface area contributed by atoms with Crippen LogP contribution in [0.3, 0.4) is 0 Å². The third-order valence-corrected chi connectivity index (χ3v) is 5.07. The highest BCUT2D eigenvalue weighted by molar-refractivity contribution is 5.96. The number of imidazole rings is 1. The van der Waals surface area contributed by atoms with Crippen molar-refractivity contribution >= 4 is 46.6 Å². The second-order valence-corrected chi connectivity index (χ2v) is 7.42. The van der Waals surface area contributed by atoms with E-state index < -0.39 is 0 Å². The third kappa shape index (κ3) is 3.87. The van der Waals surface area contributed by atoms with Crippen LogP contribution in [0.4, 0.5) is 11.4 Å². The van der Waals surface area contributed by atoms with Crippen molar-refractivity contribution < 1.29 is 9.59 Å². The van der Waals surface area contributed by atoms with Crippen molar-refractivity contribution in [1.82, 2.24) is 9.97 Å². The molecule has 5 rings (SSSR count).